The zero-order valence-corrected chi connectivity index (χ0v) is 8.68. The lowest BCUT2D eigenvalue weighted by atomic mass is 10.1. The number of nitrogens with zero attached hydrogens (tertiary/aromatic N) is 1. The van der Waals surface area contributed by atoms with E-state index >= 15 is 0 Å². The minimum absolute atomic E-state index is 0.773. The first-order valence-electron chi connectivity index (χ1n) is 5.05. The molecule has 0 fully saturated rings. The van der Waals surface area contributed by atoms with Crippen molar-refractivity contribution in [1.82, 2.24) is 0 Å². The van der Waals surface area contributed by atoms with Crippen LogP contribution in [-0.4, -0.2) is 6.21 Å². The molecule has 0 unspecified atom stereocenters. The summed E-state index contributed by atoms with van der Waals surface area (Å²) in [6, 6.07) is 11.9. The lowest BCUT2D eigenvalue weighted by molar-refractivity contribution is 0.560. The molecule has 2 heteroatoms. The van der Waals surface area contributed by atoms with Crippen LogP contribution in [0.3, 0.4) is 0 Å². The second-order valence-electron chi connectivity index (χ2n) is 3.29. The highest BCUT2D eigenvalue weighted by molar-refractivity contribution is 5.78. The second kappa shape index (κ2) is 4.60. The van der Waals surface area contributed by atoms with Crippen molar-refractivity contribution in [2.75, 3.05) is 0 Å². The summed E-state index contributed by atoms with van der Waals surface area (Å²) in [6.07, 6.45) is 4.42. The van der Waals surface area contributed by atoms with E-state index < -0.39 is 0 Å². The van der Waals surface area contributed by atoms with Gasteiger partial charge in [-0.2, -0.15) is 0 Å². The number of benzene rings is 1. The van der Waals surface area contributed by atoms with Crippen molar-refractivity contribution in [3.8, 4) is 0 Å². The SMILES string of the molecule is CCc1ccc(/N=C/c2ccco2)cc1. The fourth-order valence-corrected chi connectivity index (χ4v) is 1.32. The number of aryl methyl sites for hydroxylation is 1. The van der Waals surface area contributed by atoms with Crippen LogP contribution in [0, 0.1) is 0 Å². The molecular formula is C13H13NO. The summed E-state index contributed by atoms with van der Waals surface area (Å²) < 4.78 is 5.15. The normalized spacial score (nSPS) is 11.0. The van der Waals surface area contributed by atoms with Crippen molar-refractivity contribution in [2.24, 2.45) is 4.99 Å². The Labute approximate surface area is 89.3 Å². The van der Waals surface area contributed by atoms with E-state index in [0.717, 1.165) is 17.9 Å². The molecule has 0 radical (unpaired) electrons. The second-order valence-corrected chi connectivity index (χ2v) is 3.29. The lowest BCUT2D eigenvalue weighted by Crippen LogP contribution is -1.77. The molecule has 0 aliphatic carbocycles. The van der Waals surface area contributed by atoms with E-state index in [1.165, 1.54) is 5.56 Å². The zero-order valence-electron chi connectivity index (χ0n) is 8.68. The zero-order chi connectivity index (χ0) is 10.5. The first-order chi connectivity index (χ1) is 7.38. The Morgan fingerprint density at radius 3 is 2.60 bits per heavy atom. The molecule has 0 aliphatic heterocycles. The van der Waals surface area contributed by atoms with E-state index in [-0.39, 0.29) is 0 Å². The van der Waals surface area contributed by atoms with Crippen LogP contribution in [0.1, 0.15) is 18.2 Å². The smallest absolute Gasteiger partial charge is 0.144 e. The first-order valence-corrected chi connectivity index (χ1v) is 5.05. The van der Waals surface area contributed by atoms with E-state index in [1.54, 1.807) is 12.5 Å². The first kappa shape index (κ1) is 9.71. The summed E-state index contributed by atoms with van der Waals surface area (Å²) in [6.45, 7) is 2.14. The van der Waals surface area contributed by atoms with Gasteiger partial charge in [-0.15, -0.1) is 0 Å². The van der Waals surface area contributed by atoms with Gasteiger partial charge in [-0.25, -0.2) is 0 Å². The van der Waals surface area contributed by atoms with Gasteiger partial charge in [-0.1, -0.05) is 19.1 Å². The molecule has 1 aromatic carbocycles. The Morgan fingerprint density at radius 2 is 2.00 bits per heavy atom. The van der Waals surface area contributed by atoms with Crippen LogP contribution >= 0.6 is 0 Å². The summed E-state index contributed by atoms with van der Waals surface area (Å²) in [5.41, 5.74) is 2.27. The molecule has 76 valence electrons. The highest BCUT2D eigenvalue weighted by Crippen LogP contribution is 2.13. The Morgan fingerprint density at radius 1 is 1.20 bits per heavy atom. The number of hydrogen-bond acceptors (Lipinski definition) is 2. The number of furan rings is 1. The molecule has 2 aromatic rings. The summed E-state index contributed by atoms with van der Waals surface area (Å²) in [7, 11) is 0. The molecule has 2 nitrogen and oxygen atoms in total. The van der Waals surface area contributed by atoms with Gasteiger partial charge in [0.15, 0.2) is 0 Å². The fraction of sp³-hybridized carbons (Fsp3) is 0.154. The molecule has 0 amide bonds. The molecular weight excluding hydrogens is 186 g/mol. The van der Waals surface area contributed by atoms with E-state index in [9.17, 15) is 0 Å². The molecule has 0 saturated carbocycles. The number of rotatable bonds is 3. The van der Waals surface area contributed by atoms with Crippen LogP contribution in [0.2, 0.25) is 0 Å². The van der Waals surface area contributed by atoms with Gasteiger partial charge in [0, 0.05) is 0 Å². The Balaban J connectivity index is 2.11. The van der Waals surface area contributed by atoms with Gasteiger partial charge in [-0.05, 0) is 36.2 Å². The lowest BCUT2D eigenvalue weighted by Gasteiger charge is -1.96. The van der Waals surface area contributed by atoms with Gasteiger partial charge in [0.2, 0.25) is 0 Å². The van der Waals surface area contributed by atoms with Crippen molar-refractivity contribution in [1.29, 1.82) is 0 Å². The fourth-order valence-electron chi connectivity index (χ4n) is 1.32. The third-order valence-electron chi connectivity index (χ3n) is 2.23. The largest absolute Gasteiger partial charge is 0.463 e. The van der Waals surface area contributed by atoms with Crippen LogP contribution < -0.4 is 0 Å². The molecule has 1 aromatic heterocycles. The predicted octanol–water partition coefficient (Wildman–Crippen LogP) is 3.59. The summed E-state index contributed by atoms with van der Waals surface area (Å²) >= 11 is 0. The third-order valence-corrected chi connectivity index (χ3v) is 2.23. The van der Waals surface area contributed by atoms with Gasteiger partial charge in [-0.3, -0.25) is 4.99 Å². The average molecular weight is 199 g/mol. The summed E-state index contributed by atoms with van der Waals surface area (Å²) in [4.78, 5) is 4.31. The monoisotopic (exact) mass is 199 g/mol. The van der Waals surface area contributed by atoms with Crippen molar-refractivity contribution < 1.29 is 4.42 Å². The quantitative estimate of drug-likeness (QED) is 0.693. The van der Waals surface area contributed by atoms with Crippen LogP contribution in [0.25, 0.3) is 0 Å². The molecule has 0 N–H and O–H groups in total. The van der Waals surface area contributed by atoms with Crippen molar-refractivity contribution in [2.45, 2.75) is 13.3 Å². The third kappa shape index (κ3) is 2.56. The molecule has 0 atom stereocenters. The molecule has 1 heterocycles. The molecule has 15 heavy (non-hydrogen) atoms. The van der Waals surface area contributed by atoms with E-state index in [0.29, 0.717) is 0 Å². The average Bonchev–Trinajstić information content (AvgIpc) is 2.80. The van der Waals surface area contributed by atoms with Gasteiger partial charge in [0.25, 0.3) is 0 Å². The molecule has 0 bridgehead atoms. The van der Waals surface area contributed by atoms with Gasteiger partial charge >= 0.3 is 0 Å². The van der Waals surface area contributed by atoms with E-state index in [1.807, 2.05) is 24.3 Å². The highest BCUT2D eigenvalue weighted by atomic mass is 16.3. The Hall–Kier alpha value is -1.83. The van der Waals surface area contributed by atoms with Gasteiger partial charge in [0.05, 0.1) is 18.2 Å². The molecule has 0 saturated heterocycles. The maximum absolute atomic E-state index is 5.15. The van der Waals surface area contributed by atoms with Crippen LogP contribution in [-0.2, 0) is 6.42 Å². The summed E-state index contributed by atoms with van der Waals surface area (Å²) in [5.74, 6) is 0.773. The van der Waals surface area contributed by atoms with Crippen LogP contribution in [0.5, 0.6) is 0 Å². The molecule has 2 rings (SSSR count). The van der Waals surface area contributed by atoms with Gasteiger partial charge in [0.1, 0.15) is 5.76 Å². The van der Waals surface area contributed by atoms with Crippen LogP contribution in [0.15, 0.2) is 52.1 Å². The topological polar surface area (TPSA) is 25.5 Å². The minimum Gasteiger partial charge on any atom is -0.463 e. The standard InChI is InChI=1S/C13H13NO/c1-2-11-5-7-12(8-6-11)14-10-13-4-3-9-15-13/h3-10H,2H2,1H3/b14-10+. The summed E-state index contributed by atoms with van der Waals surface area (Å²) in [5, 5.41) is 0. The van der Waals surface area contributed by atoms with Crippen LogP contribution in [0.4, 0.5) is 5.69 Å². The van der Waals surface area contributed by atoms with E-state index in [4.69, 9.17) is 4.42 Å². The van der Waals surface area contributed by atoms with Crippen molar-refractivity contribution in [3.05, 3.63) is 54.0 Å². The number of hydrogen-bond donors (Lipinski definition) is 0. The molecule has 0 spiro atoms. The van der Waals surface area contributed by atoms with Crippen molar-refractivity contribution in [3.63, 3.8) is 0 Å². The number of aliphatic imine (C=N–C) groups is 1. The van der Waals surface area contributed by atoms with E-state index in [2.05, 4.69) is 24.0 Å². The Kier molecular flexibility index (Phi) is 2.98. The minimum atomic E-state index is 0.773. The Bertz CT molecular complexity index is 426. The predicted molar refractivity (Wildman–Crippen MR) is 61.8 cm³/mol. The highest BCUT2D eigenvalue weighted by Gasteiger charge is 1.91. The van der Waals surface area contributed by atoms with Crippen molar-refractivity contribution >= 4 is 11.9 Å². The maximum atomic E-state index is 5.15. The maximum Gasteiger partial charge on any atom is 0.144 e. The van der Waals surface area contributed by atoms with Gasteiger partial charge < -0.3 is 4.42 Å². The molecule has 0 aliphatic rings.